The van der Waals surface area contributed by atoms with E-state index in [4.69, 9.17) is 19.0 Å². The van der Waals surface area contributed by atoms with Crippen LogP contribution in [0.1, 0.15) is 65.9 Å². The Balaban J connectivity index is 0.000000195. The number of fused-ring (bicyclic) bond motifs is 4. The summed E-state index contributed by atoms with van der Waals surface area (Å²) in [4.78, 5) is 13.4. The zero-order valence-electron chi connectivity index (χ0n) is 36.7. The van der Waals surface area contributed by atoms with Crippen LogP contribution in [0.5, 0.6) is 0 Å². The number of hydrogen-bond donors (Lipinski definition) is 0. The summed E-state index contributed by atoms with van der Waals surface area (Å²) >= 11 is 0. The minimum Gasteiger partial charge on any atom is -0.486 e. The Labute approximate surface area is 327 Å². The summed E-state index contributed by atoms with van der Waals surface area (Å²) in [6, 6.07) is 31.0. The summed E-state index contributed by atoms with van der Waals surface area (Å²) in [7, 11) is -1.72. The molecule has 3 aromatic carbocycles. The molecule has 0 bridgehead atoms. The maximum absolute atomic E-state index is 8.72. The van der Waals surface area contributed by atoms with Crippen molar-refractivity contribution in [3.8, 4) is 22.5 Å². The van der Waals surface area contributed by atoms with Gasteiger partial charge in [0.05, 0.1) is 13.7 Å². The van der Waals surface area contributed by atoms with Gasteiger partial charge >= 0.3 is 0 Å². The van der Waals surface area contributed by atoms with Crippen LogP contribution < -0.4 is 5.19 Å². The van der Waals surface area contributed by atoms with Gasteiger partial charge in [-0.15, -0.1) is 52.9 Å². The molecule has 263 valence electrons. The molecule has 1 saturated carbocycles. The molecular formula is C45H47IrN3OSi-2. The van der Waals surface area contributed by atoms with Gasteiger partial charge in [0.2, 0.25) is 5.71 Å². The van der Waals surface area contributed by atoms with Gasteiger partial charge in [-0.3, -0.25) is 0 Å². The molecule has 4 aromatic heterocycles. The molecule has 0 unspecified atom stereocenters. The Hall–Kier alpha value is -3.96. The molecule has 4 heterocycles. The normalized spacial score (nSPS) is 16.3. The second kappa shape index (κ2) is 15.7. The van der Waals surface area contributed by atoms with E-state index in [-0.39, 0.29) is 43.3 Å². The zero-order valence-corrected chi connectivity index (χ0v) is 33.1. The number of hydrogen-bond acceptors (Lipinski definition) is 4. The van der Waals surface area contributed by atoms with E-state index in [1.54, 1.807) is 24.4 Å². The molecule has 0 atom stereocenters. The Bertz CT molecular complexity index is 2570. The van der Waals surface area contributed by atoms with Crippen molar-refractivity contribution in [1.82, 2.24) is 15.0 Å². The first-order valence-electron chi connectivity index (χ1n) is 21.0. The summed E-state index contributed by atoms with van der Waals surface area (Å²) in [5.74, 6) is -0.0742. The van der Waals surface area contributed by atoms with Crippen molar-refractivity contribution in [1.29, 1.82) is 0 Å². The fraction of sp³-hybridized carbons (Fsp3) is 0.311. The van der Waals surface area contributed by atoms with Gasteiger partial charge in [0.15, 0.2) is 0 Å². The van der Waals surface area contributed by atoms with Crippen LogP contribution in [-0.2, 0) is 32.9 Å². The van der Waals surface area contributed by atoms with E-state index in [1.165, 1.54) is 6.07 Å². The average Bonchev–Trinajstić information content (AvgIpc) is 3.86. The van der Waals surface area contributed by atoms with Gasteiger partial charge < -0.3 is 14.4 Å². The molecular weight excluding hydrogens is 819 g/mol. The third-order valence-corrected chi connectivity index (χ3v) is 11.2. The van der Waals surface area contributed by atoms with Crippen LogP contribution in [0.3, 0.4) is 0 Å². The van der Waals surface area contributed by atoms with Gasteiger partial charge in [0, 0.05) is 53.2 Å². The van der Waals surface area contributed by atoms with Gasteiger partial charge in [0.1, 0.15) is 0 Å². The van der Waals surface area contributed by atoms with Crippen molar-refractivity contribution in [2.45, 2.75) is 78.8 Å². The molecule has 7 aromatic rings. The first-order chi connectivity index (χ1) is 26.9. The van der Waals surface area contributed by atoms with E-state index in [2.05, 4.69) is 53.9 Å². The van der Waals surface area contributed by atoms with E-state index in [0.717, 1.165) is 74.8 Å². The SMILES string of the molecule is [2H]C([2H])([2H])c1ccc2c(n1)oc1c[c-]c(-c3cc(C([2H])([2H])C4CCCC4)ccn3)cc12.[2H]C([2H])(c1cc(-c2[c-]ccc3ccccc23)ncc1[Si](C)(C)C)C(C)C.[Ir]. The quantitative estimate of drug-likeness (QED) is 0.118. The molecule has 6 heteroatoms. The summed E-state index contributed by atoms with van der Waals surface area (Å²) in [5.41, 5.74) is 5.35. The third-order valence-electron chi connectivity index (χ3n) is 9.16. The van der Waals surface area contributed by atoms with E-state index >= 15 is 0 Å². The van der Waals surface area contributed by atoms with Crippen LogP contribution >= 0.6 is 0 Å². The van der Waals surface area contributed by atoms with E-state index in [1.807, 2.05) is 62.5 Å². The monoisotopic (exact) mass is 873 g/mol. The largest absolute Gasteiger partial charge is 0.486 e. The molecule has 8 rings (SSSR count). The molecule has 0 N–H and O–H groups in total. The Morgan fingerprint density at radius 1 is 0.922 bits per heavy atom. The molecule has 1 radical (unpaired) electrons. The Morgan fingerprint density at radius 3 is 2.53 bits per heavy atom. The topological polar surface area (TPSA) is 51.8 Å². The molecule has 0 saturated heterocycles. The maximum atomic E-state index is 8.72. The minimum absolute atomic E-state index is 0. The van der Waals surface area contributed by atoms with E-state index in [0.29, 0.717) is 16.8 Å². The second-order valence-electron chi connectivity index (χ2n) is 14.4. The van der Waals surface area contributed by atoms with Crippen molar-refractivity contribution in [3.63, 3.8) is 0 Å². The van der Waals surface area contributed by atoms with E-state index < -0.39 is 27.7 Å². The molecule has 1 fully saturated rings. The van der Waals surface area contributed by atoms with Crippen LogP contribution in [0.15, 0.2) is 95.7 Å². The zero-order chi connectivity index (χ0) is 40.9. The van der Waals surface area contributed by atoms with Crippen molar-refractivity contribution in [2.24, 2.45) is 11.8 Å². The Morgan fingerprint density at radius 2 is 1.75 bits per heavy atom. The van der Waals surface area contributed by atoms with Crippen LogP contribution in [0.25, 0.3) is 55.4 Å². The van der Waals surface area contributed by atoms with Crippen molar-refractivity contribution in [2.75, 3.05) is 0 Å². The first kappa shape index (κ1) is 28.6. The fourth-order valence-corrected chi connectivity index (χ4v) is 8.12. The molecule has 0 amide bonds. The molecule has 0 spiro atoms. The molecule has 1 aliphatic rings. The van der Waals surface area contributed by atoms with Crippen molar-refractivity contribution in [3.05, 3.63) is 120 Å². The van der Waals surface area contributed by atoms with Gasteiger partial charge in [-0.2, -0.15) is 0 Å². The molecule has 51 heavy (non-hydrogen) atoms. The molecule has 1 aliphatic carbocycles. The third kappa shape index (κ3) is 8.41. The number of aryl methyl sites for hydroxylation is 1. The summed E-state index contributed by atoms with van der Waals surface area (Å²) in [5, 5.41) is 4.85. The minimum atomic E-state index is -2.30. The van der Waals surface area contributed by atoms with Crippen molar-refractivity contribution < 1.29 is 34.1 Å². The summed E-state index contributed by atoms with van der Waals surface area (Å²) in [6.07, 6.45) is 4.76. The fourth-order valence-electron chi connectivity index (χ4n) is 6.72. The van der Waals surface area contributed by atoms with Gasteiger partial charge in [-0.25, -0.2) is 4.98 Å². The number of nitrogens with zero attached hydrogens (tertiary/aromatic N) is 3. The number of pyridine rings is 3. The summed E-state index contributed by atoms with van der Waals surface area (Å²) < 4.78 is 63.2. The Kier molecular flexibility index (Phi) is 8.82. The molecule has 4 nitrogen and oxygen atoms in total. The van der Waals surface area contributed by atoms with Gasteiger partial charge in [0.25, 0.3) is 0 Å². The smallest absolute Gasteiger partial charge is 0.216 e. The van der Waals surface area contributed by atoms with Gasteiger partial charge in [-0.05, 0) is 66.2 Å². The number of aromatic nitrogens is 3. The van der Waals surface area contributed by atoms with Crippen LogP contribution in [0.4, 0.5) is 0 Å². The van der Waals surface area contributed by atoms with E-state index in [9.17, 15) is 0 Å². The predicted molar refractivity (Wildman–Crippen MR) is 212 cm³/mol. The second-order valence-corrected chi connectivity index (χ2v) is 19.5. The maximum Gasteiger partial charge on any atom is 0.216 e. The predicted octanol–water partition coefficient (Wildman–Crippen LogP) is 11.3. The molecule has 0 aliphatic heterocycles. The van der Waals surface area contributed by atoms with Gasteiger partial charge in [-0.1, -0.05) is 117 Å². The average molecular weight is 873 g/mol. The number of furan rings is 1. The van der Waals surface area contributed by atoms with Crippen LogP contribution in [0.2, 0.25) is 19.6 Å². The standard InChI is InChI=1S/C23H21N2O.C22H26NSi.Ir/c1-15-6-8-19-20-14-18(7-9-22(20)26-23(19)25-15)21-13-17(10-11-24-21)12-16-4-2-3-5-16;1-16(2)13-18-14-21(23-15-22(18)24(3,4)5)20-12-8-10-17-9-6-7-11-19(17)20;/h6,8-11,13-14,16H,2-5,12H2,1H3;6-11,14-16H,13H2,1-5H3;/q2*-1;/i1D3,12D2;13D2;. The van der Waals surface area contributed by atoms with Crippen LogP contribution in [-0.4, -0.2) is 23.0 Å². The summed E-state index contributed by atoms with van der Waals surface area (Å²) in [6.45, 7) is 8.32. The van der Waals surface area contributed by atoms with Crippen LogP contribution in [0, 0.1) is 30.8 Å². The first-order valence-corrected chi connectivity index (χ1v) is 21.0. The van der Waals surface area contributed by atoms with Crippen molar-refractivity contribution >= 4 is 46.1 Å². The number of benzene rings is 3. The number of rotatable bonds is 7.